The molecule has 0 saturated carbocycles. The quantitative estimate of drug-likeness (QED) is 0.800. The van der Waals surface area contributed by atoms with Gasteiger partial charge in [-0.2, -0.15) is 9.61 Å². The van der Waals surface area contributed by atoms with Crippen LogP contribution in [0.25, 0.3) is 16.8 Å². The molecule has 124 valence electrons. The lowest BCUT2D eigenvalue weighted by Gasteiger charge is -2.25. The van der Waals surface area contributed by atoms with Crippen LogP contribution >= 0.6 is 0 Å². The number of rotatable bonds is 3. The summed E-state index contributed by atoms with van der Waals surface area (Å²) in [6.07, 6.45) is 3.95. The maximum absolute atomic E-state index is 5.47. The standard InChI is InChI=1S/C19H22N4O/c1-13-14(2)21-19-17(15-6-4-3-5-7-15)12-20-23(19)18(13)22-16-8-10-24-11-9-16/h3-7,12,16,22H,8-11H2,1-2H3. The van der Waals surface area contributed by atoms with Gasteiger partial charge in [0.05, 0.1) is 6.20 Å². The lowest BCUT2D eigenvalue weighted by molar-refractivity contribution is 0.0903. The van der Waals surface area contributed by atoms with Crippen LogP contribution in [0.3, 0.4) is 0 Å². The molecule has 4 rings (SSSR count). The van der Waals surface area contributed by atoms with Crippen LogP contribution in [-0.2, 0) is 4.74 Å². The van der Waals surface area contributed by atoms with Crippen molar-refractivity contribution in [3.05, 3.63) is 47.8 Å². The highest BCUT2D eigenvalue weighted by molar-refractivity contribution is 5.78. The lowest BCUT2D eigenvalue weighted by atomic mass is 10.1. The van der Waals surface area contributed by atoms with Crippen molar-refractivity contribution in [2.75, 3.05) is 18.5 Å². The van der Waals surface area contributed by atoms with Gasteiger partial charge in [0.2, 0.25) is 0 Å². The van der Waals surface area contributed by atoms with Crippen LogP contribution in [0.5, 0.6) is 0 Å². The predicted molar refractivity (Wildman–Crippen MR) is 95.4 cm³/mol. The van der Waals surface area contributed by atoms with Crippen molar-refractivity contribution in [1.82, 2.24) is 14.6 Å². The van der Waals surface area contributed by atoms with Crippen LogP contribution in [-0.4, -0.2) is 33.9 Å². The van der Waals surface area contributed by atoms with Crippen molar-refractivity contribution in [1.29, 1.82) is 0 Å². The Morgan fingerprint density at radius 1 is 1.12 bits per heavy atom. The summed E-state index contributed by atoms with van der Waals surface area (Å²) in [5.41, 5.74) is 5.29. The lowest BCUT2D eigenvalue weighted by Crippen LogP contribution is -2.29. The largest absolute Gasteiger partial charge is 0.381 e. The Balaban J connectivity index is 1.81. The van der Waals surface area contributed by atoms with Crippen LogP contribution in [0.15, 0.2) is 36.5 Å². The number of benzene rings is 1. The molecule has 0 amide bonds. The summed E-state index contributed by atoms with van der Waals surface area (Å²) in [4.78, 5) is 4.80. The van der Waals surface area contributed by atoms with Crippen molar-refractivity contribution in [3.63, 3.8) is 0 Å². The molecule has 3 aromatic rings. The van der Waals surface area contributed by atoms with E-state index < -0.39 is 0 Å². The van der Waals surface area contributed by atoms with Crippen molar-refractivity contribution < 1.29 is 4.74 Å². The van der Waals surface area contributed by atoms with E-state index in [9.17, 15) is 0 Å². The first-order valence-electron chi connectivity index (χ1n) is 8.48. The third-order valence-electron chi connectivity index (χ3n) is 4.77. The van der Waals surface area contributed by atoms with E-state index in [4.69, 9.17) is 9.72 Å². The Morgan fingerprint density at radius 2 is 1.88 bits per heavy atom. The van der Waals surface area contributed by atoms with Crippen LogP contribution in [0.2, 0.25) is 0 Å². The molecule has 2 aromatic heterocycles. The fourth-order valence-corrected chi connectivity index (χ4v) is 3.21. The maximum atomic E-state index is 5.47. The van der Waals surface area contributed by atoms with Crippen LogP contribution < -0.4 is 5.32 Å². The fraction of sp³-hybridized carbons (Fsp3) is 0.368. The summed E-state index contributed by atoms with van der Waals surface area (Å²) in [5, 5.41) is 8.30. The molecule has 5 nitrogen and oxygen atoms in total. The summed E-state index contributed by atoms with van der Waals surface area (Å²) >= 11 is 0. The average Bonchev–Trinajstić information content (AvgIpc) is 3.04. The fourth-order valence-electron chi connectivity index (χ4n) is 3.21. The summed E-state index contributed by atoms with van der Waals surface area (Å²) < 4.78 is 7.41. The summed E-state index contributed by atoms with van der Waals surface area (Å²) in [7, 11) is 0. The Kier molecular flexibility index (Phi) is 3.94. The van der Waals surface area contributed by atoms with Gasteiger partial charge in [0.1, 0.15) is 5.82 Å². The van der Waals surface area contributed by atoms with Crippen LogP contribution in [0.4, 0.5) is 5.82 Å². The third-order valence-corrected chi connectivity index (χ3v) is 4.77. The number of nitrogens with zero attached hydrogens (tertiary/aromatic N) is 3. The highest BCUT2D eigenvalue weighted by Gasteiger charge is 2.19. The molecule has 5 heteroatoms. The molecule has 1 N–H and O–H groups in total. The van der Waals surface area contributed by atoms with Gasteiger partial charge in [-0.15, -0.1) is 0 Å². The van der Waals surface area contributed by atoms with E-state index in [1.165, 1.54) is 0 Å². The Hall–Kier alpha value is -2.40. The van der Waals surface area contributed by atoms with E-state index in [1.54, 1.807) is 0 Å². The van der Waals surface area contributed by atoms with Gasteiger partial charge >= 0.3 is 0 Å². The third kappa shape index (κ3) is 2.65. The van der Waals surface area contributed by atoms with Crippen LogP contribution in [0, 0.1) is 13.8 Å². The summed E-state index contributed by atoms with van der Waals surface area (Å²) in [5.74, 6) is 1.05. The van der Waals surface area contributed by atoms with E-state index in [1.807, 2.05) is 28.9 Å². The zero-order chi connectivity index (χ0) is 16.5. The first kappa shape index (κ1) is 15.1. The van der Waals surface area contributed by atoms with Gasteiger partial charge in [-0.05, 0) is 32.3 Å². The van der Waals surface area contributed by atoms with Crippen molar-refractivity contribution >= 4 is 11.5 Å². The van der Waals surface area contributed by atoms with Gasteiger partial charge in [0, 0.05) is 36.1 Å². The molecule has 1 fully saturated rings. The molecule has 1 saturated heterocycles. The monoisotopic (exact) mass is 322 g/mol. The normalized spacial score (nSPS) is 15.8. The molecule has 0 atom stereocenters. The molecule has 24 heavy (non-hydrogen) atoms. The number of fused-ring (bicyclic) bond motifs is 1. The van der Waals surface area contributed by atoms with Gasteiger partial charge in [-0.1, -0.05) is 30.3 Å². The van der Waals surface area contributed by atoms with E-state index >= 15 is 0 Å². The van der Waals surface area contributed by atoms with Gasteiger partial charge in [0.25, 0.3) is 0 Å². The van der Waals surface area contributed by atoms with Gasteiger partial charge < -0.3 is 10.1 Å². The van der Waals surface area contributed by atoms with E-state index in [2.05, 4.69) is 36.4 Å². The summed E-state index contributed by atoms with van der Waals surface area (Å²) in [6, 6.07) is 10.7. The highest BCUT2D eigenvalue weighted by atomic mass is 16.5. The molecule has 0 bridgehead atoms. The Bertz CT molecular complexity index is 851. The van der Waals surface area contributed by atoms with E-state index in [-0.39, 0.29) is 0 Å². The van der Waals surface area contributed by atoms with E-state index in [0.717, 1.165) is 59.9 Å². The number of aryl methyl sites for hydroxylation is 1. The molecule has 0 aliphatic carbocycles. The molecule has 1 aliphatic rings. The first-order chi connectivity index (χ1) is 11.7. The van der Waals surface area contributed by atoms with Crippen molar-refractivity contribution in [3.8, 4) is 11.1 Å². The number of hydrogen-bond donors (Lipinski definition) is 1. The zero-order valence-electron chi connectivity index (χ0n) is 14.1. The van der Waals surface area contributed by atoms with Gasteiger partial charge in [-0.3, -0.25) is 0 Å². The number of hydrogen-bond acceptors (Lipinski definition) is 4. The Labute approximate surface area is 141 Å². The molecule has 3 heterocycles. The second kappa shape index (κ2) is 6.24. The predicted octanol–water partition coefficient (Wildman–Crippen LogP) is 3.60. The average molecular weight is 322 g/mol. The second-order valence-electron chi connectivity index (χ2n) is 6.36. The summed E-state index contributed by atoms with van der Waals surface area (Å²) in [6.45, 7) is 5.80. The molecule has 0 unspecified atom stereocenters. The van der Waals surface area contributed by atoms with Crippen LogP contribution in [0.1, 0.15) is 24.1 Å². The van der Waals surface area contributed by atoms with Crippen molar-refractivity contribution in [2.24, 2.45) is 0 Å². The number of nitrogens with one attached hydrogen (secondary N) is 1. The molecule has 1 aromatic carbocycles. The number of ether oxygens (including phenoxy) is 1. The molecular formula is C19H22N4O. The number of anilines is 1. The SMILES string of the molecule is Cc1nc2c(-c3ccccc3)cnn2c(NC2CCOCC2)c1C. The maximum Gasteiger partial charge on any atom is 0.165 e. The number of aromatic nitrogens is 3. The molecular weight excluding hydrogens is 300 g/mol. The minimum absolute atomic E-state index is 0.423. The van der Waals surface area contributed by atoms with Crippen molar-refractivity contribution in [2.45, 2.75) is 32.7 Å². The smallest absolute Gasteiger partial charge is 0.165 e. The first-order valence-corrected chi connectivity index (χ1v) is 8.48. The second-order valence-corrected chi connectivity index (χ2v) is 6.36. The van der Waals surface area contributed by atoms with Gasteiger partial charge in [-0.25, -0.2) is 4.98 Å². The van der Waals surface area contributed by atoms with Gasteiger partial charge in [0.15, 0.2) is 5.65 Å². The molecule has 1 aliphatic heterocycles. The van der Waals surface area contributed by atoms with E-state index in [0.29, 0.717) is 6.04 Å². The zero-order valence-corrected chi connectivity index (χ0v) is 14.1. The minimum Gasteiger partial charge on any atom is -0.381 e. The topological polar surface area (TPSA) is 51.5 Å². The molecule has 0 spiro atoms. The Morgan fingerprint density at radius 3 is 2.62 bits per heavy atom. The minimum atomic E-state index is 0.423. The highest BCUT2D eigenvalue weighted by Crippen LogP contribution is 2.28. The molecule has 0 radical (unpaired) electrons.